The third-order valence-corrected chi connectivity index (χ3v) is 14.8. The zero-order valence-corrected chi connectivity index (χ0v) is 43.5. The van der Waals surface area contributed by atoms with E-state index in [-0.39, 0.29) is 38.4 Å². The van der Waals surface area contributed by atoms with Gasteiger partial charge in [0.1, 0.15) is 93.1 Å². The fourth-order valence-electron chi connectivity index (χ4n) is 9.03. The molecular weight excluding hydrogens is 993 g/mol. The van der Waals surface area contributed by atoms with E-state index in [2.05, 4.69) is 6.92 Å². The van der Waals surface area contributed by atoms with Crippen LogP contribution in [0.5, 0.6) is 0 Å². The van der Waals surface area contributed by atoms with Crippen molar-refractivity contribution >= 4 is 29.7 Å². The Morgan fingerprint density at radius 2 is 0.849 bits per heavy atom. The van der Waals surface area contributed by atoms with E-state index in [4.69, 9.17) is 42.6 Å². The van der Waals surface area contributed by atoms with Gasteiger partial charge in [-0.05, 0) is 38.9 Å². The molecule has 3 rings (SSSR count). The average molecular weight is 1080 g/mol. The Balaban J connectivity index is 1.77. The number of thioether (sulfide) groups is 1. The van der Waals surface area contributed by atoms with Crippen molar-refractivity contribution < 1.29 is 118 Å². The van der Waals surface area contributed by atoms with Gasteiger partial charge in [0.2, 0.25) is 0 Å². The first kappa shape index (κ1) is 65.3. The SMILES string of the molecule is CCCCCCCCCCCCSCC(C)(CC(C)(CC(C)C(=O)OCCO[C@@H]1O[C@H](CO)[C@@H](O)[C@H](O)[C@H]1O)C(=O)OCCO[C@@H]1O[C@H](CO)[C@@H](O)[C@H](O)[C@H]1O)C(=O)OCCO[C@@H]1O[C@H](CO)[C@@H](O)[C@H](O)[C@H]1O. The van der Waals surface area contributed by atoms with E-state index in [0.29, 0.717) is 5.75 Å². The van der Waals surface area contributed by atoms with Crippen LogP contribution < -0.4 is 0 Å². The number of aliphatic hydroxyl groups is 12. The molecule has 18 atom stereocenters. The third-order valence-electron chi connectivity index (χ3n) is 13.3. The minimum atomic E-state index is -1.72. The van der Waals surface area contributed by atoms with Gasteiger partial charge in [-0.2, -0.15) is 11.8 Å². The van der Waals surface area contributed by atoms with Crippen molar-refractivity contribution in [3.63, 3.8) is 0 Å². The van der Waals surface area contributed by atoms with Crippen molar-refractivity contribution in [3.8, 4) is 0 Å². The molecule has 25 heteroatoms. The molecule has 3 saturated heterocycles. The van der Waals surface area contributed by atoms with Crippen LogP contribution in [0.3, 0.4) is 0 Å². The lowest BCUT2D eigenvalue weighted by Crippen LogP contribution is -2.59. The monoisotopic (exact) mass is 1080 g/mol. The maximum Gasteiger partial charge on any atom is 0.312 e. The second-order valence-electron chi connectivity index (χ2n) is 19.8. The lowest BCUT2D eigenvalue weighted by atomic mass is 9.69. The fourth-order valence-corrected chi connectivity index (χ4v) is 10.3. The second kappa shape index (κ2) is 33.4. The van der Waals surface area contributed by atoms with E-state index in [1.165, 1.54) is 57.7 Å². The first-order valence-electron chi connectivity index (χ1n) is 25.5. The average Bonchev–Trinajstić information content (AvgIpc) is 3.37. The van der Waals surface area contributed by atoms with Gasteiger partial charge in [-0.15, -0.1) is 0 Å². The van der Waals surface area contributed by atoms with E-state index in [1.807, 2.05) is 0 Å². The van der Waals surface area contributed by atoms with Crippen molar-refractivity contribution in [2.24, 2.45) is 16.7 Å². The summed E-state index contributed by atoms with van der Waals surface area (Å²) in [6.07, 6.45) is -12.5. The van der Waals surface area contributed by atoms with Crippen molar-refractivity contribution in [3.05, 3.63) is 0 Å². The summed E-state index contributed by atoms with van der Waals surface area (Å²) in [5, 5.41) is 121. The summed E-state index contributed by atoms with van der Waals surface area (Å²) in [4.78, 5) is 42.1. The van der Waals surface area contributed by atoms with Gasteiger partial charge in [0.05, 0.1) is 56.4 Å². The molecular formula is C48H86O24S. The highest BCUT2D eigenvalue weighted by Crippen LogP contribution is 2.43. The number of aliphatic hydroxyl groups excluding tert-OH is 12. The van der Waals surface area contributed by atoms with Crippen LogP contribution in [0.1, 0.15) is 105 Å². The van der Waals surface area contributed by atoms with E-state index in [9.17, 15) is 75.7 Å². The quantitative estimate of drug-likeness (QED) is 0.0188. The Kier molecular flexibility index (Phi) is 29.9. The highest BCUT2D eigenvalue weighted by Gasteiger charge is 2.50. The van der Waals surface area contributed by atoms with Gasteiger partial charge in [0.15, 0.2) is 18.9 Å². The van der Waals surface area contributed by atoms with Crippen LogP contribution >= 0.6 is 11.8 Å². The molecule has 3 aliphatic heterocycles. The number of carbonyl (C=O) groups is 3. The molecule has 0 radical (unpaired) electrons. The maximum atomic E-state index is 14.3. The number of hydrogen-bond donors (Lipinski definition) is 12. The molecule has 3 aliphatic rings. The Morgan fingerprint density at radius 1 is 0.493 bits per heavy atom. The molecule has 3 heterocycles. The van der Waals surface area contributed by atoms with Crippen LogP contribution in [-0.2, 0) is 57.0 Å². The smallest absolute Gasteiger partial charge is 0.312 e. The standard InChI is InChI=1S/C48H86O24S/c1-5-6-7-8-9-10-11-12-13-14-21-73-27-48(4,46(63)69-20-18-67-44-40(60)37(57)34(54)31(25-51)72-44)26-47(3,45(62)68-19-17-66-43-39(59)36(56)33(53)30(24-50)71-43)22-28(2)41(61)64-15-16-65-42-38(58)35(55)32(52)29(23-49)70-42/h28-40,42-44,49-60H,5-27H2,1-4H3/t28?,29-,30-,31-,32-,33-,34-,35+,36+,37+,38-,39-,40-,42-,43-,44-,47?,48?/m1/s1. The topological polar surface area (TPSA) is 377 Å². The van der Waals surface area contributed by atoms with Gasteiger partial charge in [-0.25, -0.2) is 0 Å². The Labute approximate surface area is 431 Å². The zero-order chi connectivity index (χ0) is 54.3. The molecule has 73 heavy (non-hydrogen) atoms. The normalized spacial score (nSPS) is 32.8. The number of unbranched alkanes of at least 4 members (excludes halogenated alkanes) is 9. The van der Waals surface area contributed by atoms with Crippen molar-refractivity contribution in [1.29, 1.82) is 0 Å². The maximum absolute atomic E-state index is 14.3. The van der Waals surface area contributed by atoms with Crippen LogP contribution in [0.15, 0.2) is 0 Å². The number of carbonyl (C=O) groups excluding carboxylic acids is 3. The summed E-state index contributed by atoms with van der Waals surface area (Å²) in [6, 6.07) is 0. The minimum Gasteiger partial charge on any atom is -0.463 e. The number of esters is 3. The third kappa shape index (κ3) is 20.1. The van der Waals surface area contributed by atoms with Crippen LogP contribution in [0.4, 0.5) is 0 Å². The van der Waals surface area contributed by atoms with Gasteiger partial charge in [0.25, 0.3) is 0 Å². The molecule has 0 amide bonds. The predicted octanol–water partition coefficient (Wildman–Crippen LogP) is -1.85. The molecule has 0 aliphatic carbocycles. The number of rotatable bonds is 35. The Hall–Kier alpha value is -1.96. The first-order chi connectivity index (χ1) is 34.7. The molecule has 428 valence electrons. The van der Waals surface area contributed by atoms with Crippen LogP contribution in [0.2, 0.25) is 0 Å². The number of ether oxygens (including phenoxy) is 9. The first-order valence-corrected chi connectivity index (χ1v) is 26.7. The highest BCUT2D eigenvalue weighted by molar-refractivity contribution is 7.99. The Bertz CT molecular complexity index is 1560. The molecule has 0 spiro atoms. The molecule has 3 unspecified atom stereocenters. The number of hydrogen-bond acceptors (Lipinski definition) is 25. The summed E-state index contributed by atoms with van der Waals surface area (Å²) >= 11 is 1.47. The molecule has 24 nitrogen and oxygen atoms in total. The van der Waals surface area contributed by atoms with Crippen LogP contribution in [0, 0.1) is 16.7 Å². The van der Waals surface area contributed by atoms with E-state index < -0.39 is 166 Å². The molecule has 12 N–H and O–H groups in total. The van der Waals surface area contributed by atoms with E-state index >= 15 is 0 Å². The van der Waals surface area contributed by atoms with Crippen molar-refractivity contribution in [2.75, 3.05) is 71.0 Å². The lowest BCUT2D eigenvalue weighted by Gasteiger charge is -2.40. The van der Waals surface area contributed by atoms with E-state index in [0.717, 1.165) is 32.1 Å². The van der Waals surface area contributed by atoms with Crippen LogP contribution in [-0.4, -0.2) is 242 Å². The lowest BCUT2D eigenvalue weighted by molar-refractivity contribution is -0.302. The molecule has 0 saturated carbocycles. The second-order valence-corrected chi connectivity index (χ2v) is 20.9. The molecule has 0 bridgehead atoms. The molecule has 3 fully saturated rings. The summed E-state index contributed by atoms with van der Waals surface area (Å²) in [7, 11) is 0. The summed E-state index contributed by atoms with van der Waals surface area (Å²) < 4.78 is 49.4. The highest BCUT2D eigenvalue weighted by atomic mass is 32.2. The van der Waals surface area contributed by atoms with Gasteiger partial charge < -0.3 is 104 Å². The fraction of sp³-hybridized carbons (Fsp3) is 0.938. The van der Waals surface area contributed by atoms with Crippen molar-refractivity contribution in [1.82, 2.24) is 0 Å². The summed E-state index contributed by atoms with van der Waals surface area (Å²) in [5.41, 5.74) is -3.09. The molecule has 0 aromatic heterocycles. The van der Waals surface area contributed by atoms with E-state index in [1.54, 1.807) is 6.92 Å². The predicted molar refractivity (Wildman–Crippen MR) is 256 cm³/mol. The van der Waals surface area contributed by atoms with Gasteiger partial charge in [-0.3, -0.25) is 14.4 Å². The van der Waals surface area contributed by atoms with Crippen molar-refractivity contribution in [2.45, 2.75) is 197 Å². The summed E-state index contributed by atoms with van der Waals surface area (Å²) in [6.45, 7) is 2.36. The zero-order valence-electron chi connectivity index (χ0n) is 42.7. The minimum absolute atomic E-state index is 0.147. The van der Waals surface area contributed by atoms with Crippen LogP contribution in [0.25, 0.3) is 0 Å². The Morgan fingerprint density at radius 3 is 1.23 bits per heavy atom. The van der Waals surface area contributed by atoms with Gasteiger partial charge in [-0.1, -0.05) is 71.6 Å². The largest absolute Gasteiger partial charge is 0.463 e. The van der Waals surface area contributed by atoms with Gasteiger partial charge >= 0.3 is 17.9 Å². The summed E-state index contributed by atoms with van der Waals surface area (Å²) in [5.74, 6) is -2.65. The molecule has 0 aromatic carbocycles. The molecule has 0 aromatic rings. The van der Waals surface area contributed by atoms with Gasteiger partial charge in [0, 0.05) is 5.75 Å².